The lowest BCUT2D eigenvalue weighted by Gasteiger charge is -2.21. The molecule has 9 N–H and O–H groups in total. The Balaban J connectivity index is 2.80. The Morgan fingerprint density at radius 2 is 1.86 bits per heavy atom. The first-order chi connectivity index (χ1) is 13.6. The quantitative estimate of drug-likeness (QED) is 0.154. The van der Waals surface area contributed by atoms with Gasteiger partial charge >= 0.3 is 5.97 Å². The van der Waals surface area contributed by atoms with Gasteiger partial charge in [0, 0.05) is 24.1 Å². The second-order valence-electron chi connectivity index (χ2n) is 5.98. The number of carboxylic acid groups (broad SMARTS) is 1. The number of thiol groups is 1. The molecule has 3 atom stereocenters. The van der Waals surface area contributed by atoms with Crippen LogP contribution in [-0.4, -0.2) is 75.1 Å². The second kappa shape index (κ2) is 11.7. The number of hydrogen-bond donors (Lipinski definition) is 8. The molecular formula is C15H23N7O6S. The normalized spacial score (nSPS) is 13.6. The molecule has 4 amide bonds. The molecule has 0 spiro atoms. The van der Waals surface area contributed by atoms with Gasteiger partial charge in [0.1, 0.15) is 12.1 Å². The highest BCUT2D eigenvalue weighted by molar-refractivity contribution is 7.80. The van der Waals surface area contributed by atoms with Crippen LogP contribution >= 0.6 is 12.6 Å². The van der Waals surface area contributed by atoms with Crippen LogP contribution in [0.1, 0.15) is 12.1 Å². The number of aromatic amines is 1. The van der Waals surface area contributed by atoms with Crippen LogP contribution in [0, 0.1) is 0 Å². The molecule has 160 valence electrons. The summed E-state index contributed by atoms with van der Waals surface area (Å²) in [6.07, 6.45) is 2.10. The minimum absolute atomic E-state index is 0.0510. The van der Waals surface area contributed by atoms with Crippen molar-refractivity contribution in [1.29, 1.82) is 0 Å². The number of hydrogen-bond acceptors (Lipinski definition) is 8. The van der Waals surface area contributed by atoms with Crippen molar-refractivity contribution in [1.82, 2.24) is 25.9 Å². The predicted molar refractivity (Wildman–Crippen MR) is 102 cm³/mol. The summed E-state index contributed by atoms with van der Waals surface area (Å²) in [6, 6.07) is -3.68. The summed E-state index contributed by atoms with van der Waals surface area (Å²) in [4.78, 5) is 65.0. The predicted octanol–water partition coefficient (Wildman–Crippen LogP) is -3.74. The summed E-state index contributed by atoms with van der Waals surface area (Å²) < 4.78 is 0. The van der Waals surface area contributed by atoms with E-state index in [1.165, 1.54) is 12.5 Å². The van der Waals surface area contributed by atoms with E-state index in [-0.39, 0.29) is 12.2 Å². The topological polar surface area (TPSA) is 222 Å². The smallest absolute Gasteiger partial charge is 0.326 e. The van der Waals surface area contributed by atoms with E-state index in [1.807, 2.05) is 0 Å². The summed E-state index contributed by atoms with van der Waals surface area (Å²) in [5, 5.41) is 15.9. The van der Waals surface area contributed by atoms with Crippen molar-refractivity contribution in [3.05, 3.63) is 18.2 Å². The van der Waals surface area contributed by atoms with Gasteiger partial charge in [0.2, 0.25) is 23.6 Å². The number of amides is 4. The largest absolute Gasteiger partial charge is 0.480 e. The van der Waals surface area contributed by atoms with Gasteiger partial charge in [0.15, 0.2) is 0 Å². The average molecular weight is 429 g/mol. The molecule has 0 aliphatic carbocycles. The Bertz CT molecular complexity index is 742. The van der Waals surface area contributed by atoms with Gasteiger partial charge in [-0.1, -0.05) is 0 Å². The molecule has 3 unspecified atom stereocenters. The molecule has 0 aliphatic rings. The number of H-pyrrole nitrogens is 1. The third kappa shape index (κ3) is 8.61. The van der Waals surface area contributed by atoms with Crippen LogP contribution in [-0.2, 0) is 30.4 Å². The minimum Gasteiger partial charge on any atom is -0.480 e. The molecule has 13 nitrogen and oxygen atoms in total. The first-order valence-electron chi connectivity index (χ1n) is 8.36. The molecule has 0 radical (unpaired) electrons. The highest BCUT2D eigenvalue weighted by Gasteiger charge is 2.28. The van der Waals surface area contributed by atoms with Gasteiger partial charge in [-0.3, -0.25) is 19.2 Å². The molecule has 1 aromatic rings. The number of nitrogens with zero attached hydrogens (tertiary/aromatic N) is 1. The van der Waals surface area contributed by atoms with Gasteiger partial charge in [-0.2, -0.15) is 12.6 Å². The van der Waals surface area contributed by atoms with E-state index in [4.69, 9.17) is 16.6 Å². The highest BCUT2D eigenvalue weighted by Crippen LogP contribution is 2.01. The number of aliphatic carboxylic acids is 1. The zero-order valence-electron chi connectivity index (χ0n) is 15.3. The van der Waals surface area contributed by atoms with Crippen LogP contribution in [0.2, 0.25) is 0 Å². The number of carbonyl (C=O) groups excluding carboxylic acids is 4. The third-order valence-electron chi connectivity index (χ3n) is 3.61. The van der Waals surface area contributed by atoms with Gasteiger partial charge < -0.3 is 37.5 Å². The Kier molecular flexibility index (Phi) is 9.61. The van der Waals surface area contributed by atoms with Crippen molar-refractivity contribution in [3.8, 4) is 0 Å². The Morgan fingerprint density at radius 1 is 1.17 bits per heavy atom. The molecule has 0 fully saturated rings. The first kappa shape index (κ1) is 23.9. The third-order valence-corrected chi connectivity index (χ3v) is 4.00. The maximum absolute atomic E-state index is 12.5. The minimum atomic E-state index is -1.56. The molecule has 0 saturated heterocycles. The van der Waals surface area contributed by atoms with Gasteiger partial charge in [-0.25, -0.2) is 9.78 Å². The van der Waals surface area contributed by atoms with E-state index in [1.54, 1.807) is 0 Å². The fourth-order valence-electron chi connectivity index (χ4n) is 2.13. The molecule has 0 bridgehead atoms. The van der Waals surface area contributed by atoms with E-state index in [0.717, 1.165) is 0 Å². The Morgan fingerprint density at radius 3 is 2.38 bits per heavy atom. The van der Waals surface area contributed by atoms with Crippen molar-refractivity contribution < 1.29 is 29.1 Å². The summed E-state index contributed by atoms with van der Waals surface area (Å²) >= 11 is 3.87. The zero-order valence-corrected chi connectivity index (χ0v) is 16.1. The van der Waals surface area contributed by atoms with Crippen molar-refractivity contribution >= 4 is 42.2 Å². The lowest BCUT2D eigenvalue weighted by molar-refractivity contribution is -0.143. The van der Waals surface area contributed by atoms with Crippen molar-refractivity contribution in [3.63, 3.8) is 0 Å². The van der Waals surface area contributed by atoms with Crippen LogP contribution in [0.25, 0.3) is 0 Å². The van der Waals surface area contributed by atoms with Crippen LogP contribution in [0.3, 0.4) is 0 Å². The molecule has 14 heteroatoms. The van der Waals surface area contributed by atoms with Crippen molar-refractivity contribution in [2.75, 3.05) is 12.3 Å². The van der Waals surface area contributed by atoms with Crippen LogP contribution in [0.15, 0.2) is 12.5 Å². The molecule has 1 rings (SSSR count). The molecule has 1 aromatic heterocycles. The lowest BCUT2D eigenvalue weighted by atomic mass is 10.1. The monoisotopic (exact) mass is 429 g/mol. The SMILES string of the molecule is NC(=O)CC(NC(=O)C(Cc1cnc[nH]1)NC(=O)CNC(=O)C(N)CS)C(=O)O. The summed E-state index contributed by atoms with van der Waals surface area (Å²) in [7, 11) is 0. The fourth-order valence-corrected chi connectivity index (χ4v) is 2.29. The van der Waals surface area contributed by atoms with E-state index < -0.39 is 60.7 Å². The number of carboxylic acids is 1. The van der Waals surface area contributed by atoms with Crippen molar-refractivity contribution in [2.24, 2.45) is 11.5 Å². The number of rotatable bonds is 12. The number of aromatic nitrogens is 2. The summed E-state index contributed by atoms with van der Waals surface area (Å²) in [5.74, 6) is -4.48. The van der Waals surface area contributed by atoms with Crippen LogP contribution in [0.5, 0.6) is 0 Å². The van der Waals surface area contributed by atoms with Gasteiger partial charge in [-0.15, -0.1) is 0 Å². The molecule has 0 saturated carbocycles. The van der Waals surface area contributed by atoms with Gasteiger partial charge in [0.05, 0.1) is 25.3 Å². The fraction of sp³-hybridized carbons (Fsp3) is 0.467. The zero-order chi connectivity index (χ0) is 22.0. The summed E-state index contributed by atoms with van der Waals surface area (Å²) in [5.41, 5.74) is 10.9. The standard InChI is InChI=1S/C15H23N7O6S/c16-8(5-29)13(25)19-4-12(24)21-9(1-7-3-18-6-20-7)14(26)22-10(15(27)28)2-11(17)23/h3,6,8-10,29H,1-2,4-5,16H2,(H2,17,23)(H,18,20)(H,19,25)(H,21,24)(H,22,26)(H,27,28). The molecule has 0 aliphatic heterocycles. The van der Waals surface area contributed by atoms with E-state index in [2.05, 4.69) is 38.5 Å². The molecular weight excluding hydrogens is 406 g/mol. The number of nitrogens with one attached hydrogen (secondary N) is 4. The maximum atomic E-state index is 12.5. The van der Waals surface area contributed by atoms with Gasteiger partial charge in [-0.05, 0) is 0 Å². The summed E-state index contributed by atoms with van der Waals surface area (Å²) in [6.45, 7) is -0.462. The Labute approximate surface area is 170 Å². The number of imidazole rings is 1. The second-order valence-corrected chi connectivity index (χ2v) is 6.34. The van der Waals surface area contributed by atoms with Crippen LogP contribution < -0.4 is 27.4 Å². The van der Waals surface area contributed by atoms with Gasteiger partial charge in [0.25, 0.3) is 0 Å². The number of nitrogens with two attached hydrogens (primary N) is 2. The van der Waals surface area contributed by atoms with E-state index >= 15 is 0 Å². The molecule has 29 heavy (non-hydrogen) atoms. The highest BCUT2D eigenvalue weighted by atomic mass is 32.1. The number of primary amides is 1. The van der Waals surface area contributed by atoms with Crippen LogP contribution in [0.4, 0.5) is 0 Å². The molecule has 1 heterocycles. The average Bonchev–Trinajstić information content (AvgIpc) is 3.16. The maximum Gasteiger partial charge on any atom is 0.326 e. The van der Waals surface area contributed by atoms with E-state index in [0.29, 0.717) is 5.69 Å². The Hall–Kier alpha value is -3.13. The first-order valence-corrected chi connectivity index (χ1v) is 8.99. The number of carbonyl (C=O) groups is 5. The lowest BCUT2D eigenvalue weighted by Crippen LogP contribution is -2.55. The van der Waals surface area contributed by atoms with E-state index in [9.17, 15) is 24.0 Å². The molecule has 0 aromatic carbocycles. The van der Waals surface area contributed by atoms with Crippen molar-refractivity contribution in [2.45, 2.75) is 31.0 Å².